The number of hydrogen-bond acceptors (Lipinski definition) is 4. The predicted octanol–water partition coefficient (Wildman–Crippen LogP) is 2.08. The molecule has 1 fully saturated rings. The van der Waals surface area contributed by atoms with Crippen LogP contribution in [-0.2, 0) is 11.2 Å². The molecule has 23 heavy (non-hydrogen) atoms. The Morgan fingerprint density at radius 3 is 2.78 bits per heavy atom. The minimum Gasteiger partial charge on any atom is -0.388 e. The van der Waals surface area contributed by atoms with Gasteiger partial charge in [-0.25, -0.2) is 0 Å². The average Bonchev–Trinajstić information content (AvgIpc) is 2.91. The van der Waals surface area contributed by atoms with Gasteiger partial charge in [0.2, 0.25) is 0 Å². The first kappa shape index (κ1) is 18.2. The van der Waals surface area contributed by atoms with E-state index in [9.17, 15) is 5.11 Å². The Kier molecular flexibility index (Phi) is 6.87. The molecule has 0 bridgehead atoms. The van der Waals surface area contributed by atoms with Gasteiger partial charge in [0.25, 0.3) is 0 Å². The van der Waals surface area contributed by atoms with Crippen molar-refractivity contribution in [2.75, 3.05) is 26.3 Å². The Morgan fingerprint density at radius 1 is 1.43 bits per heavy atom. The summed E-state index contributed by atoms with van der Waals surface area (Å²) in [6.07, 6.45) is 2.28. The van der Waals surface area contributed by atoms with Crippen molar-refractivity contribution in [3.63, 3.8) is 0 Å². The van der Waals surface area contributed by atoms with E-state index in [2.05, 4.69) is 41.6 Å². The van der Waals surface area contributed by atoms with Crippen molar-refractivity contribution < 1.29 is 9.84 Å². The molecule has 0 spiro atoms. The van der Waals surface area contributed by atoms with E-state index in [0.717, 1.165) is 18.9 Å². The summed E-state index contributed by atoms with van der Waals surface area (Å²) in [7, 11) is 0. The zero-order valence-corrected chi connectivity index (χ0v) is 15.2. The van der Waals surface area contributed by atoms with Crippen LogP contribution in [0.5, 0.6) is 0 Å². The molecule has 3 N–H and O–H groups in total. The Morgan fingerprint density at radius 2 is 2.17 bits per heavy atom. The molecule has 1 aromatic rings. The Bertz CT molecular complexity index is 510. The third-order valence-electron chi connectivity index (χ3n) is 3.99. The zero-order chi connectivity index (χ0) is 16.7. The highest BCUT2D eigenvalue weighted by molar-refractivity contribution is 7.11. The molecule has 0 aliphatic carbocycles. The van der Waals surface area contributed by atoms with Gasteiger partial charge >= 0.3 is 0 Å². The number of ether oxygens (including phenoxy) is 1. The summed E-state index contributed by atoms with van der Waals surface area (Å²) in [5, 5.41) is 17.2. The summed E-state index contributed by atoms with van der Waals surface area (Å²) in [5.74, 6) is 0.771. The quantitative estimate of drug-likeness (QED) is 0.548. The molecule has 1 aliphatic rings. The number of aliphatic imine (C=N–C) groups is 1. The molecule has 6 heteroatoms. The number of aliphatic hydroxyl groups is 1. The molecule has 1 atom stereocenters. The Labute approximate surface area is 143 Å². The van der Waals surface area contributed by atoms with Crippen molar-refractivity contribution in [3.8, 4) is 0 Å². The average molecular weight is 340 g/mol. The van der Waals surface area contributed by atoms with Gasteiger partial charge in [-0.2, -0.15) is 0 Å². The number of aryl methyl sites for hydroxylation is 1. The van der Waals surface area contributed by atoms with E-state index in [1.54, 1.807) is 0 Å². The van der Waals surface area contributed by atoms with Gasteiger partial charge in [0.1, 0.15) is 0 Å². The van der Waals surface area contributed by atoms with Crippen molar-refractivity contribution in [1.29, 1.82) is 0 Å². The molecule has 0 radical (unpaired) electrons. The van der Waals surface area contributed by atoms with E-state index in [1.807, 2.05) is 18.3 Å². The normalized spacial score (nSPS) is 19.4. The summed E-state index contributed by atoms with van der Waals surface area (Å²) in [6, 6.07) is 4.63. The number of thiophene rings is 1. The van der Waals surface area contributed by atoms with Gasteiger partial charge in [0.15, 0.2) is 5.96 Å². The number of guanidine groups is 1. The molecular weight excluding hydrogens is 310 g/mol. The lowest BCUT2D eigenvalue weighted by Crippen LogP contribution is -2.45. The maximum absolute atomic E-state index is 10.5. The lowest BCUT2D eigenvalue weighted by Gasteiger charge is -2.30. The summed E-state index contributed by atoms with van der Waals surface area (Å²) in [6.45, 7) is 8.79. The maximum Gasteiger partial charge on any atom is 0.191 e. The summed E-state index contributed by atoms with van der Waals surface area (Å²) in [4.78, 5) is 7.31. The molecule has 0 amide bonds. The SMILES string of the molecule is CCNC(=NCC1(O)CCOCC1)NC(C)Cc1ccc(C)s1. The van der Waals surface area contributed by atoms with Gasteiger partial charge in [-0.15, -0.1) is 11.3 Å². The third kappa shape index (κ3) is 6.12. The van der Waals surface area contributed by atoms with Crippen LogP contribution in [0.4, 0.5) is 0 Å². The second-order valence-electron chi connectivity index (χ2n) is 6.29. The molecule has 2 rings (SSSR count). The first-order chi connectivity index (χ1) is 11.0. The summed E-state index contributed by atoms with van der Waals surface area (Å²) < 4.78 is 5.31. The molecule has 130 valence electrons. The summed E-state index contributed by atoms with van der Waals surface area (Å²) in [5.41, 5.74) is -0.727. The van der Waals surface area contributed by atoms with E-state index in [4.69, 9.17) is 4.74 Å². The van der Waals surface area contributed by atoms with Crippen LogP contribution < -0.4 is 10.6 Å². The zero-order valence-electron chi connectivity index (χ0n) is 14.4. The van der Waals surface area contributed by atoms with Gasteiger partial charge in [-0.3, -0.25) is 4.99 Å². The fourth-order valence-electron chi connectivity index (χ4n) is 2.64. The first-order valence-corrected chi connectivity index (χ1v) is 9.23. The molecule has 1 saturated heterocycles. The number of nitrogens with zero attached hydrogens (tertiary/aromatic N) is 1. The molecule has 1 unspecified atom stereocenters. The molecule has 5 nitrogen and oxygen atoms in total. The van der Waals surface area contributed by atoms with E-state index in [1.165, 1.54) is 9.75 Å². The van der Waals surface area contributed by atoms with E-state index in [-0.39, 0.29) is 6.04 Å². The van der Waals surface area contributed by atoms with Gasteiger partial charge < -0.3 is 20.5 Å². The van der Waals surface area contributed by atoms with Crippen molar-refractivity contribution in [2.45, 2.75) is 51.7 Å². The predicted molar refractivity (Wildman–Crippen MR) is 96.3 cm³/mol. The largest absolute Gasteiger partial charge is 0.388 e. The van der Waals surface area contributed by atoms with Crippen LogP contribution >= 0.6 is 11.3 Å². The first-order valence-electron chi connectivity index (χ1n) is 8.41. The highest BCUT2D eigenvalue weighted by Crippen LogP contribution is 2.20. The smallest absolute Gasteiger partial charge is 0.191 e. The van der Waals surface area contributed by atoms with Gasteiger partial charge in [0, 0.05) is 54.8 Å². The maximum atomic E-state index is 10.5. The minimum absolute atomic E-state index is 0.287. The second kappa shape index (κ2) is 8.66. The Hall–Kier alpha value is -1.11. The van der Waals surface area contributed by atoms with E-state index < -0.39 is 5.60 Å². The molecular formula is C17H29N3O2S. The van der Waals surface area contributed by atoms with Crippen LogP contribution in [0.25, 0.3) is 0 Å². The van der Waals surface area contributed by atoms with Crippen molar-refractivity contribution in [3.05, 3.63) is 21.9 Å². The van der Waals surface area contributed by atoms with Crippen LogP contribution in [-0.4, -0.2) is 49.0 Å². The monoisotopic (exact) mass is 339 g/mol. The van der Waals surface area contributed by atoms with Crippen molar-refractivity contribution in [2.24, 2.45) is 4.99 Å². The molecule has 0 aromatic carbocycles. The topological polar surface area (TPSA) is 65.9 Å². The van der Waals surface area contributed by atoms with Gasteiger partial charge in [-0.05, 0) is 32.9 Å². The minimum atomic E-state index is -0.727. The van der Waals surface area contributed by atoms with E-state index in [0.29, 0.717) is 32.6 Å². The fraction of sp³-hybridized carbons (Fsp3) is 0.706. The van der Waals surface area contributed by atoms with E-state index >= 15 is 0 Å². The number of rotatable bonds is 6. The standard InChI is InChI=1S/C17H29N3O2S/c1-4-18-16(19-12-17(21)7-9-22-10-8-17)20-13(2)11-15-6-5-14(3)23-15/h5-6,13,21H,4,7-12H2,1-3H3,(H2,18,19,20). The van der Waals surface area contributed by atoms with Crippen LogP contribution in [0.2, 0.25) is 0 Å². The lowest BCUT2D eigenvalue weighted by atomic mass is 9.95. The highest BCUT2D eigenvalue weighted by Gasteiger charge is 2.29. The molecule has 1 aliphatic heterocycles. The van der Waals surface area contributed by atoms with Crippen molar-refractivity contribution >= 4 is 17.3 Å². The molecule has 1 aromatic heterocycles. The van der Waals surface area contributed by atoms with Gasteiger partial charge in [0.05, 0.1) is 12.1 Å². The number of nitrogens with one attached hydrogen (secondary N) is 2. The Balaban J connectivity index is 1.90. The van der Waals surface area contributed by atoms with Crippen LogP contribution in [0.15, 0.2) is 17.1 Å². The third-order valence-corrected chi connectivity index (χ3v) is 5.01. The van der Waals surface area contributed by atoms with Crippen LogP contribution in [0.1, 0.15) is 36.4 Å². The van der Waals surface area contributed by atoms with Crippen LogP contribution in [0.3, 0.4) is 0 Å². The second-order valence-corrected chi connectivity index (χ2v) is 7.67. The molecule has 2 heterocycles. The number of hydrogen-bond donors (Lipinski definition) is 3. The molecule has 0 saturated carbocycles. The van der Waals surface area contributed by atoms with Crippen LogP contribution in [0, 0.1) is 6.92 Å². The van der Waals surface area contributed by atoms with Crippen molar-refractivity contribution in [1.82, 2.24) is 10.6 Å². The highest BCUT2D eigenvalue weighted by atomic mass is 32.1. The lowest BCUT2D eigenvalue weighted by molar-refractivity contribution is -0.0566. The summed E-state index contributed by atoms with van der Waals surface area (Å²) >= 11 is 1.84. The van der Waals surface area contributed by atoms with Gasteiger partial charge in [-0.1, -0.05) is 0 Å². The fourth-order valence-corrected chi connectivity index (χ4v) is 3.66.